The Bertz CT molecular complexity index is 1240. The van der Waals surface area contributed by atoms with Crippen molar-refractivity contribution in [1.29, 1.82) is 0 Å². The topological polar surface area (TPSA) is 69.4 Å². The van der Waals surface area contributed by atoms with E-state index in [9.17, 15) is 13.2 Å². The van der Waals surface area contributed by atoms with Crippen LogP contribution in [0.3, 0.4) is 0 Å². The number of hydrogen-bond acceptors (Lipinski definition) is 5. The van der Waals surface area contributed by atoms with Gasteiger partial charge < -0.3 is 0 Å². The maximum atomic E-state index is 13.1. The summed E-state index contributed by atoms with van der Waals surface area (Å²) in [6.45, 7) is 7.88. The number of rotatable bonds is 3. The molecule has 0 saturated carbocycles. The van der Waals surface area contributed by atoms with Gasteiger partial charge in [-0.25, -0.2) is 9.97 Å². The van der Waals surface area contributed by atoms with E-state index in [1.807, 2.05) is 52.0 Å². The molecule has 2 aromatic carbocycles. The van der Waals surface area contributed by atoms with Crippen LogP contribution in [0.2, 0.25) is 0 Å². The van der Waals surface area contributed by atoms with E-state index < -0.39 is 11.7 Å². The first-order chi connectivity index (χ1) is 15.0. The Morgan fingerprint density at radius 2 is 1.53 bits per heavy atom. The lowest BCUT2D eigenvalue weighted by Gasteiger charge is -2.19. The highest BCUT2D eigenvalue weighted by Crippen LogP contribution is 2.34. The van der Waals surface area contributed by atoms with Crippen LogP contribution in [0, 0.1) is 6.92 Å². The lowest BCUT2D eigenvalue weighted by atomic mass is 9.94. The van der Waals surface area contributed by atoms with Gasteiger partial charge in [0.05, 0.1) is 22.5 Å². The van der Waals surface area contributed by atoms with Crippen molar-refractivity contribution in [3.63, 3.8) is 0 Å². The van der Waals surface area contributed by atoms with Gasteiger partial charge in [0.25, 0.3) is 0 Å². The Balaban J connectivity index is 1.89. The average molecular weight is 438 g/mol. The second-order valence-corrected chi connectivity index (χ2v) is 8.53. The van der Waals surface area contributed by atoms with Crippen molar-refractivity contribution in [2.75, 3.05) is 0 Å². The Morgan fingerprint density at radius 1 is 0.875 bits per heavy atom. The van der Waals surface area contributed by atoms with Gasteiger partial charge in [0.1, 0.15) is 5.82 Å². The Kier molecular flexibility index (Phi) is 5.28. The van der Waals surface area contributed by atoms with E-state index in [1.165, 1.54) is 12.1 Å². The zero-order chi connectivity index (χ0) is 23.1. The van der Waals surface area contributed by atoms with Crippen LogP contribution in [0.5, 0.6) is 0 Å². The molecule has 0 bridgehead atoms. The molecule has 0 fully saturated rings. The van der Waals surface area contributed by atoms with Crippen LogP contribution in [0.15, 0.2) is 54.7 Å². The number of halogens is 3. The predicted octanol–water partition coefficient (Wildman–Crippen LogP) is 5.41. The smallest absolute Gasteiger partial charge is 0.240 e. The molecule has 6 nitrogen and oxygen atoms in total. The molecular formula is C23H21F3N6. The minimum atomic E-state index is -4.42. The molecule has 32 heavy (non-hydrogen) atoms. The van der Waals surface area contributed by atoms with Crippen molar-refractivity contribution >= 4 is 0 Å². The van der Waals surface area contributed by atoms with Gasteiger partial charge in [-0.3, -0.25) is 0 Å². The first-order valence-electron chi connectivity index (χ1n) is 9.95. The third-order valence-electron chi connectivity index (χ3n) is 4.93. The number of nitrogens with zero attached hydrogens (tertiary/aromatic N) is 6. The summed E-state index contributed by atoms with van der Waals surface area (Å²) in [6, 6.07) is 12.5. The number of alkyl halides is 3. The van der Waals surface area contributed by atoms with E-state index in [0.717, 1.165) is 23.4 Å². The molecule has 0 aliphatic carbocycles. The quantitative estimate of drug-likeness (QED) is 0.428. The summed E-state index contributed by atoms with van der Waals surface area (Å²) < 4.78 is 40.7. The van der Waals surface area contributed by atoms with E-state index in [2.05, 4.69) is 20.5 Å². The largest absolute Gasteiger partial charge is 0.416 e. The van der Waals surface area contributed by atoms with Gasteiger partial charge in [-0.05, 0) is 41.6 Å². The first-order valence-corrected chi connectivity index (χ1v) is 9.95. The third-order valence-corrected chi connectivity index (χ3v) is 4.93. The third kappa shape index (κ3) is 4.23. The summed E-state index contributed by atoms with van der Waals surface area (Å²) in [5.41, 5.74) is 2.24. The molecule has 2 heterocycles. The van der Waals surface area contributed by atoms with Crippen LogP contribution >= 0.6 is 0 Å². The number of hydrogen-bond donors (Lipinski definition) is 0. The fraction of sp³-hybridized carbons (Fsp3) is 0.261. The molecule has 0 radical (unpaired) electrons. The van der Waals surface area contributed by atoms with Gasteiger partial charge in [-0.2, -0.15) is 17.9 Å². The SMILES string of the molecule is Cc1ccc(-n2nnnc2-c2cnc(C(C)(C)C)nc2-c2ccc(C(F)(F)F)cc2)cc1. The lowest BCUT2D eigenvalue weighted by Crippen LogP contribution is -2.17. The molecule has 0 aliphatic heterocycles. The van der Waals surface area contributed by atoms with E-state index in [0.29, 0.717) is 28.5 Å². The van der Waals surface area contributed by atoms with E-state index in [1.54, 1.807) is 10.9 Å². The fourth-order valence-electron chi connectivity index (χ4n) is 3.16. The van der Waals surface area contributed by atoms with E-state index >= 15 is 0 Å². The molecule has 164 valence electrons. The summed E-state index contributed by atoms with van der Waals surface area (Å²) in [5.74, 6) is 0.953. The molecule has 4 rings (SSSR count). The van der Waals surface area contributed by atoms with Crippen LogP contribution in [-0.2, 0) is 11.6 Å². The Morgan fingerprint density at radius 3 is 2.12 bits per heavy atom. The highest BCUT2D eigenvalue weighted by atomic mass is 19.4. The summed E-state index contributed by atoms with van der Waals surface area (Å²) in [4.78, 5) is 9.21. The molecule has 0 unspecified atom stereocenters. The molecule has 0 saturated heterocycles. The number of aromatic nitrogens is 6. The molecule has 0 amide bonds. The van der Waals surface area contributed by atoms with Crippen molar-refractivity contribution in [3.8, 4) is 28.3 Å². The highest BCUT2D eigenvalue weighted by Gasteiger charge is 2.30. The lowest BCUT2D eigenvalue weighted by molar-refractivity contribution is -0.137. The molecule has 0 spiro atoms. The maximum Gasteiger partial charge on any atom is 0.416 e. The molecular weight excluding hydrogens is 417 g/mol. The number of tetrazole rings is 1. The Labute approximate surface area is 183 Å². The summed E-state index contributed by atoms with van der Waals surface area (Å²) in [7, 11) is 0. The van der Waals surface area contributed by atoms with Crippen LogP contribution in [0.1, 0.15) is 37.7 Å². The van der Waals surface area contributed by atoms with Crippen molar-refractivity contribution < 1.29 is 13.2 Å². The maximum absolute atomic E-state index is 13.1. The van der Waals surface area contributed by atoms with Gasteiger partial charge in [0, 0.05) is 17.2 Å². The fourth-order valence-corrected chi connectivity index (χ4v) is 3.16. The van der Waals surface area contributed by atoms with Crippen molar-refractivity contribution in [3.05, 3.63) is 71.7 Å². The standard InChI is InChI=1S/C23H21F3N6/c1-14-5-11-17(12-6-14)32-20(29-30-31-32)18-13-27-21(22(2,3)4)28-19(18)15-7-9-16(10-8-15)23(24,25)26/h5-13H,1-4H3. The Hall–Kier alpha value is -3.62. The zero-order valence-electron chi connectivity index (χ0n) is 18.0. The van der Waals surface area contributed by atoms with E-state index in [4.69, 9.17) is 4.98 Å². The van der Waals surface area contributed by atoms with Gasteiger partial charge >= 0.3 is 6.18 Å². The van der Waals surface area contributed by atoms with Gasteiger partial charge in [0.2, 0.25) is 0 Å². The van der Waals surface area contributed by atoms with Crippen LogP contribution in [0.4, 0.5) is 13.2 Å². The molecule has 0 N–H and O–H groups in total. The average Bonchev–Trinajstić information content (AvgIpc) is 3.22. The van der Waals surface area contributed by atoms with Gasteiger partial charge in [-0.1, -0.05) is 50.6 Å². The second kappa shape index (κ2) is 7.81. The number of benzene rings is 2. The van der Waals surface area contributed by atoms with Crippen LogP contribution < -0.4 is 0 Å². The molecule has 0 aliphatic rings. The monoisotopic (exact) mass is 438 g/mol. The van der Waals surface area contributed by atoms with Crippen LogP contribution in [-0.4, -0.2) is 30.2 Å². The summed E-state index contributed by atoms with van der Waals surface area (Å²) in [5, 5.41) is 12.1. The molecule has 9 heteroatoms. The zero-order valence-corrected chi connectivity index (χ0v) is 18.0. The molecule has 2 aromatic heterocycles. The van der Waals surface area contributed by atoms with Crippen molar-refractivity contribution in [1.82, 2.24) is 30.2 Å². The second-order valence-electron chi connectivity index (χ2n) is 8.53. The van der Waals surface area contributed by atoms with Crippen molar-refractivity contribution in [2.24, 2.45) is 0 Å². The normalized spacial score (nSPS) is 12.2. The molecule has 4 aromatic rings. The van der Waals surface area contributed by atoms with Crippen molar-refractivity contribution in [2.45, 2.75) is 39.3 Å². The van der Waals surface area contributed by atoms with E-state index in [-0.39, 0.29) is 5.41 Å². The predicted molar refractivity (Wildman–Crippen MR) is 114 cm³/mol. The summed E-state index contributed by atoms with van der Waals surface area (Å²) >= 11 is 0. The first kappa shape index (κ1) is 21.6. The highest BCUT2D eigenvalue weighted by molar-refractivity contribution is 5.77. The van der Waals surface area contributed by atoms with Crippen LogP contribution in [0.25, 0.3) is 28.3 Å². The van der Waals surface area contributed by atoms with Gasteiger partial charge in [-0.15, -0.1) is 5.10 Å². The number of aryl methyl sites for hydroxylation is 1. The minimum Gasteiger partial charge on any atom is -0.240 e. The minimum absolute atomic E-state index is 0.359. The van der Waals surface area contributed by atoms with Gasteiger partial charge in [0.15, 0.2) is 5.82 Å². The molecule has 0 atom stereocenters. The summed E-state index contributed by atoms with van der Waals surface area (Å²) in [6.07, 6.45) is -2.80.